The molecule has 0 fully saturated rings. The Morgan fingerprint density at radius 1 is 1.12 bits per heavy atom. The zero-order chi connectivity index (χ0) is 18.9. The summed E-state index contributed by atoms with van der Waals surface area (Å²) < 4.78 is 31.5. The summed E-state index contributed by atoms with van der Waals surface area (Å²) in [5.74, 6) is -1.57. The standard InChI is InChI=1S/C19H18F2N2O3/c1-26-15-6-2-13(3-7-15)4-9-18(24)22-11-10-19(25)23-17-12-14(20)5-8-16(17)21/h2-9,12H,10-11H2,1H3,(H,22,24)(H,23,25). The van der Waals surface area contributed by atoms with Crippen molar-refractivity contribution in [2.24, 2.45) is 0 Å². The van der Waals surface area contributed by atoms with Crippen molar-refractivity contribution < 1.29 is 23.1 Å². The van der Waals surface area contributed by atoms with Crippen molar-refractivity contribution in [2.75, 3.05) is 19.0 Å². The molecule has 0 aliphatic carbocycles. The molecule has 7 heteroatoms. The first-order valence-electron chi connectivity index (χ1n) is 7.83. The molecular weight excluding hydrogens is 342 g/mol. The summed E-state index contributed by atoms with van der Waals surface area (Å²) in [6, 6.07) is 9.91. The molecule has 0 atom stereocenters. The maximum atomic E-state index is 13.4. The number of rotatable bonds is 7. The lowest BCUT2D eigenvalue weighted by Crippen LogP contribution is -2.26. The van der Waals surface area contributed by atoms with Gasteiger partial charge < -0.3 is 15.4 Å². The number of anilines is 1. The van der Waals surface area contributed by atoms with Gasteiger partial charge in [0.15, 0.2) is 0 Å². The average Bonchev–Trinajstić information content (AvgIpc) is 2.63. The van der Waals surface area contributed by atoms with Gasteiger partial charge in [0.2, 0.25) is 11.8 Å². The summed E-state index contributed by atoms with van der Waals surface area (Å²) in [7, 11) is 1.57. The van der Waals surface area contributed by atoms with E-state index < -0.39 is 17.5 Å². The number of hydrogen-bond acceptors (Lipinski definition) is 3. The second-order valence-corrected chi connectivity index (χ2v) is 5.32. The van der Waals surface area contributed by atoms with E-state index in [1.54, 1.807) is 37.5 Å². The predicted octanol–water partition coefficient (Wildman–Crippen LogP) is 3.13. The fourth-order valence-electron chi connectivity index (χ4n) is 2.05. The van der Waals surface area contributed by atoms with Gasteiger partial charge in [-0.2, -0.15) is 0 Å². The Kier molecular flexibility index (Phi) is 6.84. The molecule has 0 aliphatic rings. The number of methoxy groups -OCH3 is 1. The monoisotopic (exact) mass is 360 g/mol. The second-order valence-electron chi connectivity index (χ2n) is 5.32. The quantitative estimate of drug-likeness (QED) is 0.746. The van der Waals surface area contributed by atoms with E-state index in [0.717, 1.165) is 23.8 Å². The molecule has 5 nitrogen and oxygen atoms in total. The van der Waals surface area contributed by atoms with Gasteiger partial charge in [-0.05, 0) is 35.9 Å². The van der Waals surface area contributed by atoms with Crippen LogP contribution >= 0.6 is 0 Å². The van der Waals surface area contributed by atoms with Gasteiger partial charge in [-0.15, -0.1) is 0 Å². The maximum absolute atomic E-state index is 13.4. The number of benzene rings is 2. The number of hydrogen-bond donors (Lipinski definition) is 2. The van der Waals surface area contributed by atoms with E-state index in [1.165, 1.54) is 6.08 Å². The third-order valence-electron chi connectivity index (χ3n) is 3.40. The molecule has 0 saturated heterocycles. The number of ether oxygens (including phenoxy) is 1. The van der Waals surface area contributed by atoms with E-state index in [1.807, 2.05) is 0 Å². The van der Waals surface area contributed by atoms with E-state index in [4.69, 9.17) is 4.74 Å². The van der Waals surface area contributed by atoms with Crippen LogP contribution < -0.4 is 15.4 Å². The minimum absolute atomic E-state index is 0.0640. The minimum Gasteiger partial charge on any atom is -0.497 e. The molecule has 0 aromatic heterocycles. The molecule has 0 aliphatic heterocycles. The Bertz CT molecular complexity index is 805. The van der Waals surface area contributed by atoms with Crippen LogP contribution in [0.4, 0.5) is 14.5 Å². The summed E-state index contributed by atoms with van der Waals surface area (Å²) in [4.78, 5) is 23.4. The number of nitrogens with one attached hydrogen (secondary N) is 2. The van der Waals surface area contributed by atoms with E-state index in [2.05, 4.69) is 10.6 Å². The van der Waals surface area contributed by atoms with E-state index >= 15 is 0 Å². The Balaban J connectivity index is 1.75. The van der Waals surface area contributed by atoms with Crippen molar-refractivity contribution in [1.29, 1.82) is 0 Å². The summed E-state index contributed by atoms with van der Waals surface area (Å²) >= 11 is 0. The third kappa shape index (κ3) is 6.01. The van der Waals surface area contributed by atoms with Crippen molar-refractivity contribution in [3.8, 4) is 5.75 Å². The molecule has 0 radical (unpaired) electrons. The van der Waals surface area contributed by atoms with Crippen LogP contribution in [0.1, 0.15) is 12.0 Å². The van der Waals surface area contributed by atoms with Crippen LogP contribution in [-0.2, 0) is 9.59 Å². The van der Waals surface area contributed by atoms with Crippen LogP contribution in [0.25, 0.3) is 6.08 Å². The molecule has 2 N–H and O–H groups in total. The molecule has 2 aromatic carbocycles. The molecule has 2 aromatic rings. The lowest BCUT2D eigenvalue weighted by Gasteiger charge is -2.07. The molecule has 0 bridgehead atoms. The topological polar surface area (TPSA) is 67.4 Å². The van der Waals surface area contributed by atoms with Crippen LogP contribution in [0, 0.1) is 11.6 Å². The van der Waals surface area contributed by atoms with Crippen LogP contribution in [-0.4, -0.2) is 25.5 Å². The van der Waals surface area contributed by atoms with E-state index in [9.17, 15) is 18.4 Å². The lowest BCUT2D eigenvalue weighted by molar-refractivity contribution is -0.117. The van der Waals surface area contributed by atoms with Crippen molar-refractivity contribution in [3.63, 3.8) is 0 Å². The molecule has 2 rings (SSSR count). The summed E-state index contributed by atoms with van der Waals surface area (Å²) in [5, 5.41) is 4.80. The van der Waals surface area contributed by atoms with Gasteiger partial charge in [0.1, 0.15) is 17.4 Å². The molecule has 0 unspecified atom stereocenters. The maximum Gasteiger partial charge on any atom is 0.244 e. The van der Waals surface area contributed by atoms with Gasteiger partial charge >= 0.3 is 0 Å². The third-order valence-corrected chi connectivity index (χ3v) is 3.40. The number of carbonyl (C=O) groups excluding carboxylic acids is 2. The van der Waals surface area contributed by atoms with Gasteiger partial charge in [-0.1, -0.05) is 12.1 Å². The SMILES string of the molecule is COc1ccc(C=CC(=O)NCCC(=O)Nc2cc(F)ccc2F)cc1. The first-order chi connectivity index (χ1) is 12.5. The molecule has 0 heterocycles. The minimum atomic E-state index is -0.730. The van der Waals surface area contributed by atoms with Crippen molar-refractivity contribution >= 4 is 23.6 Å². The van der Waals surface area contributed by atoms with Crippen LogP contribution in [0.3, 0.4) is 0 Å². The Morgan fingerprint density at radius 3 is 2.54 bits per heavy atom. The second kappa shape index (κ2) is 9.31. The smallest absolute Gasteiger partial charge is 0.244 e. The molecule has 2 amide bonds. The fourth-order valence-corrected chi connectivity index (χ4v) is 2.05. The van der Waals surface area contributed by atoms with Crippen molar-refractivity contribution in [2.45, 2.75) is 6.42 Å². The first-order valence-corrected chi connectivity index (χ1v) is 7.83. The van der Waals surface area contributed by atoms with Crippen LogP contribution in [0.15, 0.2) is 48.5 Å². The summed E-state index contributed by atoms with van der Waals surface area (Å²) in [6.07, 6.45) is 2.89. The highest BCUT2D eigenvalue weighted by Gasteiger charge is 2.08. The number of amides is 2. The Labute approximate surface area is 149 Å². The van der Waals surface area contributed by atoms with E-state index in [-0.39, 0.29) is 24.6 Å². The number of carbonyl (C=O) groups is 2. The summed E-state index contributed by atoms with van der Waals surface area (Å²) in [5.41, 5.74) is 0.584. The largest absolute Gasteiger partial charge is 0.497 e. The molecule has 0 spiro atoms. The van der Waals surface area contributed by atoms with Gasteiger partial charge in [-0.3, -0.25) is 9.59 Å². The van der Waals surface area contributed by atoms with Gasteiger partial charge in [-0.25, -0.2) is 8.78 Å². The molecule has 136 valence electrons. The van der Waals surface area contributed by atoms with Gasteiger partial charge in [0, 0.05) is 25.1 Å². The summed E-state index contributed by atoms with van der Waals surface area (Å²) in [6.45, 7) is 0.0640. The lowest BCUT2D eigenvalue weighted by atomic mass is 10.2. The highest BCUT2D eigenvalue weighted by Crippen LogP contribution is 2.15. The highest BCUT2D eigenvalue weighted by molar-refractivity contribution is 5.93. The van der Waals surface area contributed by atoms with Crippen LogP contribution in [0.2, 0.25) is 0 Å². The average molecular weight is 360 g/mol. The molecule has 0 saturated carbocycles. The predicted molar refractivity (Wildman–Crippen MR) is 94.6 cm³/mol. The number of halogens is 2. The van der Waals surface area contributed by atoms with Crippen molar-refractivity contribution in [1.82, 2.24) is 5.32 Å². The van der Waals surface area contributed by atoms with Gasteiger partial charge in [0.05, 0.1) is 12.8 Å². The Hall–Kier alpha value is -3.22. The molecule has 26 heavy (non-hydrogen) atoms. The molecular formula is C19H18F2N2O3. The Morgan fingerprint density at radius 2 is 1.85 bits per heavy atom. The van der Waals surface area contributed by atoms with Crippen LogP contribution in [0.5, 0.6) is 5.75 Å². The van der Waals surface area contributed by atoms with Crippen molar-refractivity contribution in [3.05, 3.63) is 65.7 Å². The fraction of sp³-hybridized carbons (Fsp3) is 0.158. The van der Waals surface area contributed by atoms with Gasteiger partial charge in [0.25, 0.3) is 0 Å². The zero-order valence-electron chi connectivity index (χ0n) is 14.1. The highest BCUT2D eigenvalue weighted by atomic mass is 19.1. The normalized spacial score (nSPS) is 10.6. The first kappa shape index (κ1) is 19.1. The zero-order valence-corrected chi connectivity index (χ0v) is 14.1. The van der Waals surface area contributed by atoms with E-state index in [0.29, 0.717) is 5.75 Å².